The monoisotopic (exact) mass is 415 g/mol. The third-order valence-electron chi connectivity index (χ3n) is 12.0. The predicted molar refractivity (Wildman–Crippen MR) is 120 cm³/mol. The molecule has 6 aliphatic rings. The van der Waals surface area contributed by atoms with Gasteiger partial charge in [0.05, 0.1) is 12.7 Å². The van der Waals surface area contributed by atoms with E-state index in [4.69, 9.17) is 15.2 Å². The molecule has 4 aliphatic carbocycles. The highest BCUT2D eigenvalue weighted by Gasteiger charge is 2.69. The van der Waals surface area contributed by atoms with Crippen molar-refractivity contribution >= 4 is 0 Å². The minimum atomic E-state index is -0.268. The summed E-state index contributed by atoms with van der Waals surface area (Å²) in [5, 5.41) is 0. The van der Waals surface area contributed by atoms with E-state index in [0.29, 0.717) is 40.7 Å². The van der Waals surface area contributed by atoms with Crippen molar-refractivity contribution < 1.29 is 9.47 Å². The summed E-state index contributed by atoms with van der Waals surface area (Å²) in [4.78, 5) is 0. The second kappa shape index (κ2) is 6.70. The first-order chi connectivity index (χ1) is 14.3. The molecule has 12 atom stereocenters. The summed E-state index contributed by atoms with van der Waals surface area (Å²) >= 11 is 0. The van der Waals surface area contributed by atoms with Crippen molar-refractivity contribution in [2.45, 2.75) is 110 Å². The van der Waals surface area contributed by atoms with Crippen LogP contribution in [0.2, 0.25) is 0 Å². The standard InChI is InChI=1S/C27H45NO2/c1-16-7-12-27(29-15-16)17(2)24-23(30-27)14-22-20-6-5-18-13-19(28)8-10-25(18,3)21(20)9-11-26(22,24)4/h16-24H,5-15,28H2,1-4H3/t16-,17?,18?,19+,20?,21?,22?,23?,24?,25+,26+,27-/m1/s1. The van der Waals surface area contributed by atoms with Gasteiger partial charge in [-0.3, -0.25) is 0 Å². The fourth-order valence-corrected chi connectivity index (χ4v) is 10.3. The molecule has 0 aromatic heterocycles. The number of hydrogen-bond acceptors (Lipinski definition) is 3. The largest absolute Gasteiger partial charge is 0.349 e. The molecule has 2 heterocycles. The molecule has 3 heteroatoms. The fraction of sp³-hybridized carbons (Fsp3) is 1.00. The van der Waals surface area contributed by atoms with Crippen molar-refractivity contribution in [3.63, 3.8) is 0 Å². The third-order valence-corrected chi connectivity index (χ3v) is 12.0. The van der Waals surface area contributed by atoms with Crippen molar-refractivity contribution in [3.8, 4) is 0 Å². The molecule has 30 heavy (non-hydrogen) atoms. The van der Waals surface area contributed by atoms with Crippen LogP contribution in [0.5, 0.6) is 0 Å². The molecule has 6 fully saturated rings. The van der Waals surface area contributed by atoms with Gasteiger partial charge in [0, 0.05) is 18.4 Å². The minimum absolute atomic E-state index is 0.268. The first-order valence-corrected chi connectivity index (χ1v) is 13.3. The maximum atomic E-state index is 6.92. The lowest BCUT2D eigenvalue weighted by Crippen LogP contribution is -2.55. The summed E-state index contributed by atoms with van der Waals surface area (Å²) < 4.78 is 13.4. The van der Waals surface area contributed by atoms with Gasteiger partial charge in [0.25, 0.3) is 0 Å². The normalized spacial score (nSPS) is 62.5. The van der Waals surface area contributed by atoms with Gasteiger partial charge < -0.3 is 15.2 Å². The van der Waals surface area contributed by atoms with Crippen molar-refractivity contribution in [3.05, 3.63) is 0 Å². The van der Waals surface area contributed by atoms with Gasteiger partial charge in [0.1, 0.15) is 0 Å². The Kier molecular flexibility index (Phi) is 4.58. The molecule has 2 saturated heterocycles. The lowest BCUT2D eigenvalue weighted by Gasteiger charge is -2.61. The zero-order valence-corrected chi connectivity index (χ0v) is 19.9. The maximum Gasteiger partial charge on any atom is 0.171 e. The van der Waals surface area contributed by atoms with Crippen LogP contribution < -0.4 is 5.73 Å². The van der Waals surface area contributed by atoms with Gasteiger partial charge in [-0.2, -0.15) is 0 Å². The van der Waals surface area contributed by atoms with Gasteiger partial charge in [-0.1, -0.05) is 27.7 Å². The van der Waals surface area contributed by atoms with E-state index in [-0.39, 0.29) is 5.79 Å². The van der Waals surface area contributed by atoms with Crippen LogP contribution in [0.1, 0.15) is 91.9 Å². The van der Waals surface area contributed by atoms with Crippen molar-refractivity contribution in [1.29, 1.82) is 0 Å². The number of rotatable bonds is 0. The van der Waals surface area contributed by atoms with Gasteiger partial charge >= 0.3 is 0 Å². The van der Waals surface area contributed by atoms with E-state index in [1.807, 2.05) is 0 Å². The Hall–Kier alpha value is -0.120. The van der Waals surface area contributed by atoms with E-state index < -0.39 is 0 Å². The Morgan fingerprint density at radius 1 is 0.833 bits per heavy atom. The maximum absolute atomic E-state index is 6.92. The van der Waals surface area contributed by atoms with Crippen LogP contribution in [0.3, 0.4) is 0 Å². The highest BCUT2D eigenvalue weighted by Crippen LogP contribution is 2.71. The summed E-state index contributed by atoms with van der Waals surface area (Å²) in [6.45, 7) is 11.0. The molecule has 2 N–H and O–H groups in total. The molecule has 2 aliphatic heterocycles. The molecule has 4 saturated carbocycles. The summed E-state index contributed by atoms with van der Waals surface area (Å²) in [5.74, 6) is 5.25. The predicted octanol–water partition coefficient (Wildman–Crippen LogP) is 5.76. The number of hydrogen-bond donors (Lipinski definition) is 1. The van der Waals surface area contributed by atoms with E-state index in [0.717, 1.165) is 36.7 Å². The van der Waals surface area contributed by atoms with Gasteiger partial charge in [0.2, 0.25) is 0 Å². The van der Waals surface area contributed by atoms with Gasteiger partial charge in [0.15, 0.2) is 5.79 Å². The smallest absolute Gasteiger partial charge is 0.171 e. The minimum Gasteiger partial charge on any atom is -0.349 e. The molecule has 6 rings (SSSR count). The first kappa shape index (κ1) is 20.5. The average Bonchev–Trinajstić information content (AvgIpc) is 3.16. The van der Waals surface area contributed by atoms with Crippen LogP contribution >= 0.6 is 0 Å². The van der Waals surface area contributed by atoms with Crippen LogP contribution in [-0.4, -0.2) is 24.5 Å². The zero-order valence-electron chi connectivity index (χ0n) is 19.9. The van der Waals surface area contributed by atoms with Crippen LogP contribution in [0, 0.1) is 52.3 Å². The van der Waals surface area contributed by atoms with E-state index >= 15 is 0 Å². The van der Waals surface area contributed by atoms with Crippen molar-refractivity contribution in [1.82, 2.24) is 0 Å². The SMILES string of the molecule is CC1C2C(CC3C4CCC5C[C@@H](N)CC[C@]5(C)C4CC[C@@]32C)O[C@]12CC[C@@H](C)CO2. The van der Waals surface area contributed by atoms with E-state index in [9.17, 15) is 0 Å². The zero-order chi connectivity index (χ0) is 20.9. The van der Waals surface area contributed by atoms with E-state index in [1.54, 1.807) is 0 Å². The van der Waals surface area contributed by atoms with Gasteiger partial charge in [-0.15, -0.1) is 0 Å². The molecule has 0 radical (unpaired) electrons. The lowest BCUT2D eigenvalue weighted by atomic mass is 9.44. The summed E-state index contributed by atoms with van der Waals surface area (Å²) in [6.07, 6.45) is 13.7. The van der Waals surface area contributed by atoms with Crippen LogP contribution in [-0.2, 0) is 9.47 Å². The highest BCUT2D eigenvalue weighted by molar-refractivity contribution is 5.15. The molecular formula is C27H45NO2. The quantitative estimate of drug-likeness (QED) is 0.547. The number of nitrogens with two attached hydrogens (primary N) is 1. The molecule has 0 aromatic rings. The van der Waals surface area contributed by atoms with E-state index in [1.165, 1.54) is 57.8 Å². The second-order valence-corrected chi connectivity index (χ2v) is 13.2. The van der Waals surface area contributed by atoms with Crippen LogP contribution in [0.15, 0.2) is 0 Å². The molecule has 0 aromatic carbocycles. The van der Waals surface area contributed by atoms with E-state index in [2.05, 4.69) is 27.7 Å². The molecular weight excluding hydrogens is 370 g/mol. The first-order valence-electron chi connectivity index (χ1n) is 13.3. The van der Waals surface area contributed by atoms with Crippen LogP contribution in [0.4, 0.5) is 0 Å². The Bertz CT molecular complexity index is 686. The molecule has 0 amide bonds. The summed E-state index contributed by atoms with van der Waals surface area (Å²) in [6, 6.07) is 0.461. The summed E-state index contributed by atoms with van der Waals surface area (Å²) in [5.41, 5.74) is 7.40. The molecule has 1 spiro atoms. The molecule has 170 valence electrons. The van der Waals surface area contributed by atoms with Gasteiger partial charge in [-0.25, -0.2) is 0 Å². The Labute approximate surface area is 184 Å². The molecule has 7 unspecified atom stereocenters. The molecule has 3 nitrogen and oxygen atoms in total. The van der Waals surface area contributed by atoms with Gasteiger partial charge in [-0.05, 0) is 104 Å². The number of ether oxygens (including phenoxy) is 2. The Morgan fingerprint density at radius 3 is 2.40 bits per heavy atom. The van der Waals surface area contributed by atoms with Crippen molar-refractivity contribution in [2.24, 2.45) is 58.0 Å². The molecule has 0 bridgehead atoms. The fourth-order valence-electron chi connectivity index (χ4n) is 10.3. The Morgan fingerprint density at radius 2 is 1.63 bits per heavy atom. The highest BCUT2D eigenvalue weighted by atomic mass is 16.7. The van der Waals surface area contributed by atoms with Crippen molar-refractivity contribution in [2.75, 3.05) is 6.61 Å². The number of fused-ring (bicyclic) bond motifs is 7. The lowest BCUT2D eigenvalue weighted by molar-refractivity contribution is -0.273. The topological polar surface area (TPSA) is 44.5 Å². The summed E-state index contributed by atoms with van der Waals surface area (Å²) in [7, 11) is 0. The average molecular weight is 416 g/mol. The van der Waals surface area contributed by atoms with Crippen LogP contribution in [0.25, 0.3) is 0 Å². The second-order valence-electron chi connectivity index (χ2n) is 13.2. The Balaban J connectivity index is 1.26. The third kappa shape index (κ3) is 2.61.